The van der Waals surface area contributed by atoms with Crippen LogP contribution < -0.4 is 14.2 Å². The molecule has 2 N–H and O–H groups in total. The van der Waals surface area contributed by atoms with Crippen molar-refractivity contribution in [1.29, 1.82) is 0 Å². The third-order valence-electron chi connectivity index (χ3n) is 4.48. The molecule has 0 saturated carbocycles. The summed E-state index contributed by atoms with van der Waals surface area (Å²) in [6, 6.07) is 6.26. The van der Waals surface area contributed by atoms with Crippen LogP contribution in [0.5, 0.6) is 11.5 Å². The van der Waals surface area contributed by atoms with E-state index < -0.39 is 15.6 Å². The summed E-state index contributed by atoms with van der Waals surface area (Å²) in [4.78, 5) is 3.76. The highest BCUT2D eigenvalue weighted by atomic mass is 35.5. The Morgan fingerprint density at radius 2 is 1.96 bits per heavy atom. The topological polar surface area (TPSA) is 97.7 Å². The number of rotatable bonds is 6. The van der Waals surface area contributed by atoms with Crippen molar-refractivity contribution in [3.63, 3.8) is 0 Å². The van der Waals surface area contributed by atoms with Gasteiger partial charge in [0.15, 0.2) is 11.5 Å². The molecular formula is C17H19ClN2O5S. The smallest absolute Gasteiger partial charge is 0.242 e. The van der Waals surface area contributed by atoms with E-state index in [1.165, 1.54) is 25.4 Å². The molecule has 3 rings (SSSR count). The van der Waals surface area contributed by atoms with Crippen molar-refractivity contribution in [1.82, 2.24) is 9.71 Å². The predicted molar refractivity (Wildman–Crippen MR) is 96.2 cm³/mol. The summed E-state index contributed by atoms with van der Waals surface area (Å²) in [6.07, 6.45) is 2.17. The van der Waals surface area contributed by atoms with Crippen molar-refractivity contribution >= 4 is 21.6 Å². The molecule has 1 atom stereocenters. The fraction of sp³-hybridized carbons (Fsp3) is 0.353. The van der Waals surface area contributed by atoms with Gasteiger partial charge in [0.05, 0.1) is 14.2 Å². The summed E-state index contributed by atoms with van der Waals surface area (Å²) >= 11 is 5.69. The third-order valence-corrected chi connectivity index (χ3v) is 6.09. The molecule has 0 bridgehead atoms. The Balaban J connectivity index is 1.84. The lowest BCUT2D eigenvalue weighted by atomic mass is 9.96. The Bertz CT molecular complexity index is 917. The number of nitrogens with zero attached hydrogens (tertiary/aromatic N) is 1. The van der Waals surface area contributed by atoms with Crippen LogP contribution in [-0.4, -0.2) is 39.3 Å². The number of hydrogen-bond donors (Lipinski definition) is 2. The van der Waals surface area contributed by atoms with Crippen molar-refractivity contribution < 1.29 is 23.0 Å². The number of fused-ring (bicyclic) bond motifs is 1. The highest BCUT2D eigenvalue weighted by Gasteiger charge is 2.39. The predicted octanol–water partition coefficient (Wildman–Crippen LogP) is 1.86. The van der Waals surface area contributed by atoms with Crippen LogP contribution >= 0.6 is 11.6 Å². The van der Waals surface area contributed by atoms with Crippen molar-refractivity contribution in [3.8, 4) is 11.5 Å². The maximum absolute atomic E-state index is 12.4. The van der Waals surface area contributed by atoms with Crippen molar-refractivity contribution in [3.05, 3.63) is 46.7 Å². The molecule has 0 aliphatic heterocycles. The second-order valence-corrected chi connectivity index (χ2v) is 8.19. The van der Waals surface area contributed by atoms with E-state index in [9.17, 15) is 13.5 Å². The molecule has 1 aromatic heterocycles. The Labute approximate surface area is 157 Å². The van der Waals surface area contributed by atoms with Crippen molar-refractivity contribution in [2.75, 3.05) is 20.8 Å². The van der Waals surface area contributed by atoms with Crippen LogP contribution in [0.2, 0.25) is 5.15 Å². The zero-order valence-electron chi connectivity index (χ0n) is 14.3. The Morgan fingerprint density at radius 1 is 1.27 bits per heavy atom. The van der Waals surface area contributed by atoms with Gasteiger partial charge in [0.25, 0.3) is 0 Å². The quantitative estimate of drug-likeness (QED) is 0.721. The number of benzene rings is 1. The Hall–Kier alpha value is -1.87. The van der Waals surface area contributed by atoms with Gasteiger partial charge in [0.1, 0.15) is 15.6 Å². The van der Waals surface area contributed by atoms with E-state index in [2.05, 4.69) is 9.71 Å². The molecule has 140 valence electrons. The maximum Gasteiger partial charge on any atom is 0.242 e. The molecule has 1 unspecified atom stereocenters. The van der Waals surface area contributed by atoms with E-state index in [0.29, 0.717) is 29.9 Å². The number of methoxy groups -OCH3 is 2. The average Bonchev–Trinajstić information content (AvgIpc) is 2.96. The molecule has 0 amide bonds. The summed E-state index contributed by atoms with van der Waals surface area (Å²) in [6.45, 7) is -0.166. The Kier molecular flexibility index (Phi) is 5.12. The standard InChI is InChI=1S/C17H19ClN2O5S/c1-24-14-7-11-5-6-17(21,13(11)8-15(14)25-2)10-20-26(22,23)12-3-4-16(18)19-9-12/h3-4,7-9,20-21H,5-6,10H2,1-2H3. The van der Waals surface area contributed by atoms with Gasteiger partial charge in [-0.15, -0.1) is 0 Å². The molecule has 9 heteroatoms. The molecule has 1 aromatic carbocycles. The second kappa shape index (κ2) is 7.03. The fourth-order valence-corrected chi connectivity index (χ4v) is 4.19. The lowest BCUT2D eigenvalue weighted by Gasteiger charge is -2.25. The fourth-order valence-electron chi connectivity index (χ4n) is 3.04. The number of sulfonamides is 1. The van der Waals surface area contributed by atoms with E-state index in [1.807, 2.05) is 6.07 Å². The van der Waals surface area contributed by atoms with E-state index in [1.54, 1.807) is 13.2 Å². The van der Waals surface area contributed by atoms with Gasteiger partial charge >= 0.3 is 0 Å². The third kappa shape index (κ3) is 3.50. The minimum Gasteiger partial charge on any atom is -0.493 e. The second-order valence-electron chi connectivity index (χ2n) is 6.04. The molecule has 0 spiro atoms. The number of pyridine rings is 1. The number of aryl methyl sites for hydroxylation is 1. The molecule has 2 aromatic rings. The van der Waals surface area contributed by atoms with Gasteiger partial charge in [-0.25, -0.2) is 18.1 Å². The summed E-state index contributed by atoms with van der Waals surface area (Å²) in [5.74, 6) is 1.06. The maximum atomic E-state index is 12.4. The summed E-state index contributed by atoms with van der Waals surface area (Å²) < 4.78 is 37.9. The van der Waals surface area contributed by atoms with Crippen LogP contribution in [0.1, 0.15) is 17.5 Å². The average molecular weight is 399 g/mol. The van der Waals surface area contributed by atoms with E-state index in [-0.39, 0.29) is 16.6 Å². The number of hydrogen-bond acceptors (Lipinski definition) is 6. The van der Waals surface area contributed by atoms with Gasteiger partial charge in [0, 0.05) is 12.7 Å². The van der Waals surface area contributed by atoms with Gasteiger partial charge in [0.2, 0.25) is 10.0 Å². The van der Waals surface area contributed by atoms with Gasteiger partial charge in [-0.2, -0.15) is 0 Å². The van der Waals surface area contributed by atoms with Crippen molar-refractivity contribution in [2.45, 2.75) is 23.3 Å². The molecule has 1 heterocycles. The molecule has 0 saturated heterocycles. The van der Waals surface area contributed by atoms with E-state index >= 15 is 0 Å². The normalized spacial score (nSPS) is 19.2. The molecule has 7 nitrogen and oxygen atoms in total. The van der Waals surface area contributed by atoms with Crippen LogP contribution in [0.15, 0.2) is 35.4 Å². The first-order chi connectivity index (χ1) is 12.3. The monoisotopic (exact) mass is 398 g/mol. The number of ether oxygens (including phenoxy) is 2. The van der Waals surface area contributed by atoms with Gasteiger partial charge in [-0.1, -0.05) is 11.6 Å². The van der Waals surface area contributed by atoms with E-state index in [0.717, 1.165) is 5.56 Å². The molecular weight excluding hydrogens is 380 g/mol. The number of halogens is 1. The lowest BCUT2D eigenvalue weighted by Crippen LogP contribution is -2.39. The lowest BCUT2D eigenvalue weighted by molar-refractivity contribution is 0.0440. The Morgan fingerprint density at radius 3 is 2.58 bits per heavy atom. The van der Waals surface area contributed by atoms with Crippen LogP contribution in [0.4, 0.5) is 0 Å². The SMILES string of the molecule is COc1cc2c(cc1OC)C(O)(CNS(=O)(=O)c1ccc(Cl)nc1)CC2. The van der Waals surface area contributed by atoms with Gasteiger partial charge in [-0.05, 0) is 48.2 Å². The highest BCUT2D eigenvalue weighted by Crippen LogP contribution is 2.42. The first-order valence-electron chi connectivity index (χ1n) is 7.88. The molecule has 0 radical (unpaired) electrons. The summed E-state index contributed by atoms with van der Waals surface area (Å²) in [7, 11) is -0.771. The van der Waals surface area contributed by atoms with Crippen molar-refractivity contribution in [2.24, 2.45) is 0 Å². The van der Waals surface area contributed by atoms with Crippen LogP contribution in [0.25, 0.3) is 0 Å². The number of aromatic nitrogens is 1. The zero-order valence-corrected chi connectivity index (χ0v) is 15.9. The summed E-state index contributed by atoms with van der Waals surface area (Å²) in [5.41, 5.74) is 0.200. The van der Waals surface area contributed by atoms with Crippen LogP contribution in [0.3, 0.4) is 0 Å². The minimum absolute atomic E-state index is 0.0176. The molecule has 1 aliphatic carbocycles. The first kappa shape index (κ1) is 18.9. The minimum atomic E-state index is -3.82. The van der Waals surface area contributed by atoms with E-state index in [4.69, 9.17) is 21.1 Å². The van der Waals surface area contributed by atoms with Crippen LogP contribution in [0, 0.1) is 0 Å². The van der Waals surface area contributed by atoms with Crippen LogP contribution in [-0.2, 0) is 22.0 Å². The molecule has 26 heavy (non-hydrogen) atoms. The number of aliphatic hydroxyl groups is 1. The number of nitrogens with one attached hydrogen (secondary N) is 1. The van der Waals surface area contributed by atoms with Gasteiger partial charge < -0.3 is 14.6 Å². The van der Waals surface area contributed by atoms with Gasteiger partial charge in [-0.3, -0.25) is 0 Å². The molecule has 1 aliphatic rings. The molecule has 0 fully saturated rings. The largest absolute Gasteiger partial charge is 0.493 e. The summed E-state index contributed by atoms with van der Waals surface area (Å²) in [5, 5.41) is 11.2. The zero-order chi connectivity index (χ0) is 18.9. The first-order valence-corrected chi connectivity index (χ1v) is 9.74. The highest BCUT2D eigenvalue weighted by molar-refractivity contribution is 7.89.